The maximum absolute atomic E-state index is 5.58. The highest BCUT2D eigenvalue weighted by atomic mass is 32.2. The zero-order valence-corrected chi connectivity index (χ0v) is 11.7. The van der Waals surface area contributed by atoms with Gasteiger partial charge in [-0.25, -0.2) is 9.97 Å². The van der Waals surface area contributed by atoms with Crippen LogP contribution in [-0.2, 0) is 0 Å². The van der Waals surface area contributed by atoms with Crippen LogP contribution in [0.15, 0.2) is 17.4 Å². The van der Waals surface area contributed by atoms with E-state index in [4.69, 9.17) is 5.73 Å². The van der Waals surface area contributed by atoms with Crippen molar-refractivity contribution in [2.75, 3.05) is 30.8 Å². The van der Waals surface area contributed by atoms with Crippen LogP contribution in [0.4, 0.5) is 5.82 Å². The van der Waals surface area contributed by atoms with Gasteiger partial charge in [0.05, 0.1) is 0 Å². The van der Waals surface area contributed by atoms with Crippen LogP contribution in [0.5, 0.6) is 0 Å². The van der Waals surface area contributed by atoms with Gasteiger partial charge in [-0.15, -0.1) is 11.8 Å². The van der Waals surface area contributed by atoms with Gasteiger partial charge in [-0.05, 0) is 25.1 Å². The van der Waals surface area contributed by atoms with Gasteiger partial charge < -0.3 is 10.6 Å². The van der Waals surface area contributed by atoms with Crippen LogP contribution in [-0.4, -0.2) is 35.9 Å². The maximum atomic E-state index is 5.58. The highest BCUT2D eigenvalue weighted by Crippen LogP contribution is 2.18. The molecular formula is C12H22N4S. The van der Waals surface area contributed by atoms with Crippen LogP contribution in [0.3, 0.4) is 0 Å². The van der Waals surface area contributed by atoms with Crippen molar-refractivity contribution in [1.82, 2.24) is 9.97 Å². The summed E-state index contributed by atoms with van der Waals surface area (Å²) in [6.07, 6.45) is 4.65. The number of nitrogens with zero attached hydrogens (tertiary/aromatic N) is 3. The van der Waals surface area contributed by atoms with E-state index in [0.29, 0.717) is 5.92 Å². The molecule has 1 rings (SSSR count). The van der Waals surface area contributed by atoms with Crippen molar-refractivity contribution in [3.63, 3.8) is 0 Å². The van der Waals surface area contributed by atoms with Crippen LogP contribution in [0, 0.1) is 5.92 Å². The van der Waals surface area contributed by atoms with Gasteiger partial charge in [-0.2, -0.15) is 0 Å². The molecule has 1 aromatic heterocycles. The van der Waals surface area contributed by atoms with Crippen molar-refractivity contribution in [3.8, 4) is 0 Å². The van der Waals surface area contributed by atoms with Crippen molar-refractivity contribution >= 4 is 17.6 Å². The number of nitrogens with two attached hydrogens (primary N) is 1. The van der Waals surface area contributed by atoms with Crippen molar-refractivity contribution in [3.05, 3.63) is 12.4 Å². The fourth-order valence-corrected chi connectivity index (χ4v) is 2.01. The number of aromatic nitrogens is 2. The van der Waals surface area contributed by atoms with E-state index in [1.54, 1.807) is 18.1 Å². The minimum atomic E-state index is 0.612. The second-order valence-corrected chi connectivity index (χ2v) is 5.23. The van der Waals surface area contributed by atoms with Gasteiger partial charge in [0.2, 0.25) is 0 Å². The number of thioether (sulfide) groups is 1. The molecule has 0 aliphatic rings. The normalized spacial score (nSPS) is 10.9. The first-order valence-corrected chi connectivity index (χ1v) is 7.21. The molecule has 5 heteroatoms. The van der Waals surface area contributed by atoms with E-state index >= 15 is 0 Å². The predicted molar refractivity (Wildman–Crippen MR) is 74.5 cm³/mol. The molecule has 0 aromatic carbocycles. The van der Waals surface area contributed by atoms with Gasteiger partial charge in [0.1, 0.15) is 17.2 Å². The Bertz CT molecular complexity index is 330. The topological polar surface area (TPSA) is 55.0 Å². The van der Waals surface area contributed by atoms with Gasteiger partial charge in [0.25, 0.3) is 0 Å². The fraction of sp³-hybridized carbons (Fsp3) is 0.667. The highest BCUT2D eigenvalue weighted by Gasteiger charge is 2.10. The number of hydrogen-bond donors (Lipinski definition) is 1. The van der Waals surface area contributed by atoms with Crippen molar-refractivity contribution in [2.24, 2.45) is 11.7 Å². The molecule has 17 heavy (non-hydrogen) atoms. The van der Waals surface area contributed by atoms with Crippen LogP contribution in [0.2, 0.25) is 0 Å². The lowest BCUT2D eigenvalue weighted by molar-refractivity contribution is 0.595. The lowest BCUT2D eigenvalue weighted by Crippen LogP contribution is -2.30. The van der Waals surface area contributed by atoms with Gasteiger partial charge in [-0.1, -0.05) is 13.8 Å². The molecule has 0 saturated heterocycles. The van der Waals surface area contributed by atoms with E-state index in [1.807, 2.05) is 12.3 Å². The Kier molecular flexibility index (Phi) is 6.29. The monoisotopic (exact) mass is 254 g/mol. The zero-order valence-electron chi connectivity index (χ0n) is 10.9. The second kappa shape index (κ2) is 7.50. The molecule has 0 saturated carbocycles. The summed E-state index contributed by atoms with van der Waals surface area (Å²) < 4.78 is 0. The Morgan fingerprint density at radius 3 is 2.76 bits per heavy atom. The van der Waals surface area contributed by atoms with Crippen LogP contribution < -0.4 is 10.6 Å². The molecule has 0 unspecified atom stereocenters. The summed E-state index contributed by atoms with van der Waals surface area (Å²) in [5.74, 6) is 1.62. The first-order valence-electron chi connectivity index (χ1n) is 5.98. The van der Waals surface area contributed by atoms with E-state index in [9.17, 15) is 0 Å². The molecule has 0 amide bonds. The summed E-state index contributed by atoms with van der Waals surface area (Å²) in [6.45, 7) is 7.11. The van der Waals surface area contributed by atoms with Crippen molar-refractivity contribution < 1.29 is 0 Å². The van der Waals surface area contributed by atoms with Crippen LogP contribution in [0.25, 0.3) is 0 Å². The summed E-state index contributed by atoms with van der Waals surface area (Å²) in [7, 11) is 0. The molecule has 0 aliphatic heterocycles. The third-order valence-corrected chi connectivity index (χ3v) is 3.02. The predicted octanol–water partition coefficient (Wildman–Crippen LogP) is 2.01. The average Bonchev–Trinajstić information content (AvgIpc) is 2.34. The quantitative estimate of drug-likeness (QED) is 0.596. The van der Waals surface area contributed by atoms with E-state index < -0.39 is 0 Å². The smallest absolute Gasteiger partial charge is 0.133 e. The van der Waals surface area contributed by atoms with E-state index in [1.165, 1.54) is 0 Å². The van der Waals surface area contributed by atoms with E-state index in [2.05, 4.69) is 28.7 Å². The summed E-state index contributed by atoms with van der Waals surface area (Å²) in [5, 5.41) is 1.01. The lowest BCUT2D eigenvalue weighted by Gasteiger charge is -2.25. The second-order valence-electron chi connectivity index (χ2n) is 4.40. The molecule has 4 nitrogen and oxygen atoms in total. The van der Waals surface area contributed by atoms with Crippen LogP contribution in [0.1, 0.15) is 20.3 Å². The highest BCUT2D eigenvalue weighted by molar-refractivity contribution is 7.98. The third kappa shape index (κ3) is 4.91. The van der Waals surface area contributed by atoms with Gasteiger partial charge >= 0.3 is 0 Å². The largest absolute Gasteiger partial charge is 0.356 e. The van der Waals surface area contributed by atoms with Gasteiger partial charge in [0, 0.05) is 19.2 Å². The average molecular weight is 254 g/mol. The molecule has 2 N–H and O–H groups in total. The molecule has 0 aliphatic carbocycles. The molecule has 1 aromatic rings. The molecule has 0 atom stereocenters. The van der Waals surface area contributed by atoms with Gasteiger partial charge in [0.15, 0.2) is 0 Å². The van der Waals surface area contributed by atoms with Gasteiger partial charge in [-0.3, -0.25) is 0 Å². The molecule has 0 fully saturated rings. The Labute approximate surface area is 108 Å². The van der Waals surface area contributed by atoms with Crippen molar-refractivity contribution in [1.29, 1.82) is 0 Å². The summed E-state index contributed by atoms with van der Waals surface area (Å²) in [5.41, 5.74) is 5.58. The molecule has 96 valence electrons. The standard InChI is InChI=1S/C12H22N4S/c1-10(2)8-16(6-4-5-13)11-7-12(17-3)15-9-14-11/h7,9-10H,4-6,8,13H2,1-3H3. The number of anilines is 1. The molecule has 0 radical (unpaired) electrons. The zero-order chi connectivity index (χ0) is 12.7. The summed E-state index contributed by atoms with van der Waals surface area (Å²) >= 11 is 1.64. The van der Waals surface area contributed by atoms with Crippen molar-refractivity contribution in [2.45, 2.75) is 25.3 Å². The molecular weight excluding hydrogens is 232 g/mol. The maximum Gasteiger partial charge on any atom is 0.133 e. The number of hydrogen-bond acceptors (Lipinski definition) is 5. The van der Waals surface area contributed by atoms with E-state index in [0.717, 1.165) is 36.9 Å². The first-order chi connectivity index (χ1) is 8.17. The first kappa shape index (κ1) is 14.3. The Hall–Kier alpha value is -0.810. The van der Waals surface area contributed by atoms with Crippen LogP contribution >= 0.6 is 11.8 Å². The molecule has 0 bridgehead atoms. The fourth-order valence-electron chi connectivity index (χ4n) is 1.64. The Morgan fingerprint density at radius 2 is 2.18 bits per heavy atom. The Balaban J connectivity index is 2.78. The summed E-state index contributed by atoms with van der Waals surface area (Å²) in [6, 6.07) is 2.05. The Morgan fingerprint density at radius 1 is 1.41 bits per heavy atom. The SMILES string of the molecule is CSc1cc(N(CCCN)CC(C)C)ncn1. The van der Waals surface area contributed by atoms with E-state index in [-0.39, 0.29) is 0 Å². The number of rotatable bonds is 7. The molecule has 0 spiro atoms. The molecule has 1 heterocycles. The minimum absolute atomic E-state index is 0.612. The minimum Gasteiger partial charge on any atom is -0.356 e. The lowest BCUT2D eigenvalue weighted by atomic mass is 10.2. The summed E-state index contributed by atoms with van der Waals surface area (Å²) in [4.78, 5) is 10.8. The third-order valence-electron chi connectivity index (χ3n) is 2.38.